The molecule has 0 saturated carbocycles. The van der Waals surface area contributed by atoms with Gasteiger partial charge in [-0.15, -0.1) is 0 Å². The molecule has 1 rings (SSSR count). The zero-order valence-corrected chi connectivity index (χ0v) is 12.0. The zero-order chi connectivity index (χ0) is 16.2. The fourth-order valence-corrected chi connectivity index (χ4v) is 2.02. The van der Waals surface area contributed by atoms with Gasteiger partial charge in [0.2, 0.25) is 0 Å². The third kappa shape index (κ3) is 4.89. The number of aromatic nitrogens is 1. The predicted octanol–water partition coefficient (Wildman–Crippen LogP) is 2.14. The minimum Gasteiger partial charge on any atom is -0.370 e. The Kier molecular flexibility index (Phi) is 5.54. The van der Waals surface area contributed by atoms with Crippen LogP contribution in [0, 0.1) is 13.8 Å². The number of Topliss-reactive ketones (excluding diaryl/α,β-unsaturated/α-hetero) is 1. The summed E-state index contributed by atoms with van der Waals surface area (Å²) in [5, 5.41) is 2.43. The van der Waals surface area contributed by atoms with E-state index in [0.29, 0.717) is 16.8 Å². The van der Waals surface area contributed by atoms with E-state index in [-0.39, 0.29) is 24.6 Å². The number of carbonyl (C=O) groups is 2. The maximum Gasteiger partial charge on any atom is 0.411 e. The quantitative estimate of drug-likeness (QED) is 0.625. The highest BCUT2D eigenvalue weighted by atomic mass is 19.4. The van der Waals surface area contributed by atoms with Crippen molar-refractivity contribution in [1.29, 1.82) is 0 Å². The minimum atomic E-state index is -4.38. The van der Waals surface area contributed by atoms with Gasteiger partial charge in [0.05, 0.1) is 6.61 Å². The Morgan fingerprint density at radius 1 is 1.29 bits per heavy atom. The molecule has 0 aliphatic heterocycles. The average molecular weight is 306 g/mol. The Labute approximate surface area is 119 Å². The second kappa shape index (κ2) is 6.75. The summed E-state index contributed by atoms with van der Waals surface area (Å²) in [6, 6.07) is 0. The van der Waals surface area contributed by atoms with E-state index in [1.54, 1.807) is 13.8 Å². The number of hydrogen-bond donors (Lipinski definition) is 2. The molecule has 0 unspecified atom stereocenters. The van der Waals surface area contributed by atoms with Gasteiger partial charge in [-0.1, -0.05) is 0 Å². The first kappa shape index (κ1) is 17.2. The van der Waals surface area contributed by atoms with Crippen LogP contribution in [0.5, 0.6) is 0 Å². The molecule has 0 radical (unpaired) electrons. The molecule has 0 fully saturated rings. The van der Waals surface area contributed by atoms with E-state index in [1.807, 2.05) is 0 Å². The Morgan fingerprint density at radius 2 is 1.90 bits per heavy atom. The predicted molar refractivity (Wildman–Crippen MR) is 69.5 cm³/mol. The minimum absolute atomic E-state index is 0.0537. The molecule has 0 saturated heterocycles. The summed E-state index contributed by atoms with van der Waals surface area (Å²) in [6.07, 6.45) is -4.38. The molecule has 1 aromatic rings. The molecule has 0 spiro atoms. The first-order chi connectivity index (χ1) is 9.63. The van der Waals surface area contributed by atoms with Crippen molar-refractivity contribution in [1.82, 2.24) is 10.3 Å². The molecule has 0 bridgehead atoms. The van der Waals surface area contributed by atoms with E-state index in [2.05, 4.69) is 15.0 Å². The molecule has 0 aliphatic carbocycles. The molecule has 8 heteroatoms. The normalized spacial score (nSPS) is 11.5. The van der Waals surface area contributed by atoms with E-state index in [4.69, 9.17) is 0 Å². The summed E-state index contributed by atoms with van der Waals surface area (Å²) in [5.41, 5.74) is 1.79. The van der Waals surface area contributed by atoms with Gasteiger partial charge in [0.15, 0.2) is 5.78 Å². The number of halogens is 3. The third-order valence-corrected chi connectivity index (χ3v) is 2.81. The summed E-state index contributed by atoms with van der Waals surface area (Å²) >= 11 is 0. The highest BCUT2D eigenvalue weighted by Crippen LogP contribution is 2.18. The first-order valence-corrected chi connectivity index (χ1v) is 6.26. The lowest BCUT2D eigenvalue weighted by Gasteiger charge is -2.08. The Balaban J connectivity index is 2.54. The highest BCUT2D eigenvalue weighted by molar-refractivity contribution is 6.02. The topological polar surface area (TPSA) is 71.2 Å². The summed E-state index contributed by atoms with van der Waals surface area (Å²) in [4.78, 5) is 26.1. The van der Waals surface area contributed by atoms with Gasteiger partial charge < -0.3 is 15.0 Å². The van der Waals surface area contributed by atoms with Gasteiger partial charge >= 0.3 is 6.18 Å². The van der Waals surface area contributed by atoms with Crippen LogP contribution >= 0.6 is 0 Å². The van der Waals surface area contributed by atoms with Crippen LogP contribution < -0.4 is 5.32 Å². The first-order valence-electron chi connectivity index (χ1n) is 6.26. The van der Waals surface area contributed by atoms with Crippen LogP contribution in [-0.2, 0) is 4.74 Å². The van der Waals surface area contributed by atoms with Crippen LogP contribution in [-0.4, -0.2) is 42.6 Å². The number of ketones is 1. The van der Waals surface area contributed by atoms with Crippen LogP contribution in [0.15, 0.2) is 0 Å². The van der Waals surface area contributed by atoms with Crippen LogP contribution in [0.2, 0.25) is 0 Å². The number of nitrogens with one attached hydrogen (secondary N) is 2. The Hall–Kier alpha value is -1.83. The SMILES string of the molecule is CC(=O)c1c(C)[nH]c(C(=O)NCCOCC(F)(F)F)c1C. The standard InChI is InChI=1S/C13H17F3N2O3/c1-7-10(9(3)19)8(2)18-11(7)12(20)17-4-5-21-6-13(14,15)16/h18H,4-6H2,1-3H3,(H,17,20). The lowest BCUT2D eigenvalue weighted by molar-refractivity contribution is -0.173. The van der Waals surface area contributed by atoms with Crippen molar-refractivity contribution in [3.63, 3.8) is 0 Å². The summed E-state index contributed by atoms with van der Waals surface area (Å²) < 4.78 is 39.9. The number of ether oxygens (including phenoxy) is 1. The van der Waals surface area contributed by atoms with Crippen LogP contribution in [0.3, 0.4) is 0 Å². The molecule has 0 aliphatic rings. The van der Waals surface area contributed by atoms with Crippen molar-refractivity contribution < 1.29 is 27.5 Å². The largest absolute Gasteiger partial charge is 0.411 e. The van der Waals surface area contributed by atoms with Crippen LogP contribution in [0.4, 0.5) is 13.2 Å². The number of alkyl halides is 3. The monoisotopic (exact) mass is 306 g/mol. The van der Waals surface area contributed by atoms with Crippen molar-refractivity contribution in [3.8, 4) is 0 Å². The second-order valence-electron chi connectivity index (χ2n) is 4.60. The molecule has 5 nitrogen and oxygen atoms in total. The highest BCUT2D eigenvalue weighted by Gasteiger charge is 2.27. The molecule has 1 aromatic heterocycles. The van der Waals surface area contributed by atoms with Crippen LogP contribution in [0.25, 0.3) is 0 Å². The number of H-pyrrole nitrogens is 1. The van der Waals surface area contributed by atoms with Crippen LogP contribution in [0.1, 0.15) is 39.0 Å². The van der Waals surface area contributed by atoms with Crippen molar-refractivity contribution in [3.05, 3.63) is 22.5 Å². The zero-order valence-electron chi connectivity index (χ0n) is 12.0. The maximum absolute atomic E-state index is 11.9. The van der Waals surface area contributed by atoms with Crippen molar-refractivity contribution >= 4 is 11.7 Å². The maximum atomic E-state index is 11.9. The summed E-state index contributed by atoms with van der Waals surface area (Å²) in [7, 11) is 0. The number of amides is 1. The number of rotatable bonds is 6. The van der Waals surface area contributed by atoms with E-state index in [9.17, 15) is 22.8 Å². The van der Waals surface area contributed by atoms with Gasteiger partial charge in [0, 0.05) is 17.8 Å². The fourth-order valence-electron chi connectivity index (χ4n) is 2.02. The molecule has 1 amide bonds. The van der Waals surface area contributed by atoms with Crippen molar-refractivity contribution in [2.45, 2.75) is 26.9 Å². The van der Waals surface area contributed by atoms with Gasteiger partial charge in [-0.3, -0.25) is 9.59 Å². The third-order valence-electron chi connectivity index (χ3n) is 2.81. The molecule has 2 N–H and O–H groups in total. The van der Waals surface area contributed by atoms with E-state index < -0.39 is 18.7 Å². The van der Waals surface area contributed by atoms with E-state index in [0.717, 1.165) is 0 Å². The summed E-state index contributed by atoms with van der Waals surface area (Å²) in [5.74, 6) is -0.646. The summed E-state index contributed by atoms with van der Waals surface area (Å²) in [6.45, 7) is 3.06. The lowest BCUT2D eigenvalue weighted by Crippen LogP contribution is -2.29. The number of carbonyl (C=O) groups excluding carboxylic acids is 2. The van der Waals surface area contributed by atoms with Gasteiger partial charge in [0.1, 0.15) is 12.3 Å². The molecular weight excluding hydrogens is 289 g/mol. The number of aryl methyl sites for hydroxylation is 1. The average Bonchev–Trinajstić information content (AvgIpc) is 2.62. The van der Waals surface area contributed by atoms with Gasteiger partial charge in [-0.25, -0.2) is 0 Å². The number of aromatic amines is 1. The second-order valence-corrected chi connectivity index (χ2v) is 4.60. The Morgan fingerprint density at radius 3 is 2.38 bits per heavy atom. The fraction of sp³-hybridized carbons (Fsp3) is 0.538. The molecule has 0 aromatic carbocycles. The molecule has 21 heavy (non-hydrogen) atoms. The van der Waals surface area contributed by atoms with Crippen molar-refractivity contribution in [2.75, 3.05) is 19.8 Å². The smallest absolute Gasteiger partial charge is 0.370 e. The van der Waals surface area contributed by atoms with Gasteiger partial charge in [-0.2, -0.15) is 13.2 Å². The van der Waals surface area contributed by atoms with Gasteiger partial charge in [0.25, 0.3) is 5.91 Å². The van der Waals surface area contributed by atoms with Gasteiger partial charge in [-0.05, 0) is 26.3 Å². The van der Waals surface area contributed by atoms with Crippen molar-refractivity contribution in [2.24, 2.45) is 0 Å². The van der Waals surface area contributed by atoms with E-state index >= 15 is 0 Å². The lowest BCUT2D eigenvalue weighted by atomic mass is 10.1. The number of hydrogen-bond acceptors (Lipinski definition) is 3. The molecular formula is C13H17F3N2O3. The van der Waals surface area contributed by atoms with E-state index in [1.165, 1.54) is 6.92 Å². The molecule has 118 valence electrons. The Bertz CT molecular complexity index is 535. The molecule has 1 heterocycles. The molecule has 0 atom stereocenters.